The second kappa shape index (κ2) is 7.58. The van der Waals surface area contributed by atoms with Crippen molar-refractivity contribution in [3.05, 3.63) is 62.9 Å². The van der Waals surface area contributed by atoms with Gasteiger partial charge in [0.1, 0.15) is 23.7 Å². The molecule has 0 saturated carbocycles. The van der Waals surface area contributed by atoms with Gasteiger partial charge in [0.15, 0.2) is 0 Å². The second-order valence-corrected chi connectivity index (χ2v) is 6.36. The van der Waals surface area contributed by atoms with E-state index in [9.17, 15) is 14.5 Å². The molecule has 1 aliphatic heterocycles. The number of piperidine rings is 1. The molecule has 0 unspecified atom stereocenters. The fraction of sp³-hybridized carbons (Fsp3) is 0.278. The fourth-order valence-corrected chi connectivity index (χ4v) is 3.23. The lowest BCUT2D eigenvalue weighted by Crippen LogP contribution is -2.38. The molecule has 1 aliphatic rings. The van der Waals surface area contributed by atoms with Crippen LogP contribution >= 0.6 is 11.6 Å². The van der Waals surface area contributed by atoms with E-state index in [1.807, 2.05) is 4.90 Å². The molecular formula is C18H15ClFN3O3. The third kappa shape index (κ3) is 3.86. The summed E-state index contributed by atoms with van der Waals surface area (Å²) in [7, 11) is 0. The number of anilines is 1. The SMILES string of the molecule is N#Cc1ccc(OC2CCN(c3ccc([N+](=O)[O-])cc3Cl)CC2)cc1F. The van der Waals surface area contributed by atoms with E-state index in [1.54, 1.807) is 18.2 Å². The summed E-state index contributed by atoms with van der Waals surface area (Å²) >= 11 is 6.17. The normalized spacial score (nSPS) is 14.7. The predicted octanol–water partition coefficient (Wildman–Crippen LogP) is 4.31. The van der Waals surface area contributed by atoms with Crippen LogP contribution in [0, 0.1) is 27.3 Å². The van der Waals surface area contributed by atoms with Gasteiger partial charge in [-0.25, -0.2) is 4.39 Å². The van der Waals surface area contributed by atoms with Gasteiger partial charge in [0.2, 0.25) is 0 Å². The molecule has 3 rings (SSSR count). The molecule has 8 heteroatoms. The number of non-ortho nitro benzene ring substituents is 1. The van der Waals surface area contributed by atoms with Crippen molar-refractivity contribution in [2.45, 2.75) is 18.9 Å². The summed E-state index contributed by atoms with van der Waals surface area (Å²) in [4.78, 5) is 12.4. The van der Waals surface area contributed by atoms with Crippen molar-refractivity contribution in [2.75, 3.05) is 18.0 Å². The van der Waals surface area contributed by atoms with Gasteiger partial charge >= 0.3 is 0 Å². The molecule has 6 nitrogen and oxygen atoms in total. The van der Waals surface area contributed by atoms with Crippen LogP contribution in [-0.2, 0) is 0 Å². The van der Waals surface area contributed by atoms with Crippen LogP contribution in [0.5, 0.6) is 5.75 Å². The van der Waals surface area contributed by atoms with Crippen molar-refractivity contribution < 1.29 is 14.1 Å². The highest BCUT2D eigenvalue weighted by Crippen LogP contribution is 2.32. The number of benzene rings is 2. The highest BCUT2D eigenvalue weighted by Gasteiger charge is 2.23. The Morgan fingerprint density at radius 2 is 2.00 bits per heavy atom. The molecule has 0 N–H and O–H groups in total. The van der Waals surface area contributed by atoms with Crippen LogP contribution in [0.1, 0.15) is 18.4 Å². The van der Waals surface area contributed by atoms with Crippen LogP contribution in [0.15, 0.2) is 36.4 Å². The Hall–Kier alpha value is -2.85. The number of ether oxygens (including phenoxy) is 1. The average molecular weight is 376 g/mol. The van der Waals surface area contributed by atoms with E-state index in [2.05, 4.69) is 0 Å². The van der Waals surface area contributed by atoms with Gasteiger partial charge in [0.05, 0.1) is 21.2 Å². The van der Waals surface area contributed by atoms with Crippen LogP contribution in [0.4, 0.5) is 15.8 Å². The Morgan fingerprint density at radius 1 is 1.27 bits per heavy atom. The van der Waals surface area contributed by atoms with Crippen LogP contribution < -0.4 is 9.64 Å². The van der Waals surface area contributed by atoms with Crippen molar-refractivity contribution >= 4 is 23.0 Å². The van der Waals surface area contributed by atoms with E-state index in [1.165, 1.54) is 24.3 Å². The maximum absolute atomic E-state index is 13.6. The summed E-state index contributed by atoms with van der Waals surface area (Å²) in [6.07, 6.45) is 1.33. The summed E-state index contributed by atoms with van der Waals surface area (Å²) in [5, 5.41) is 19.9. The van der Waals surface area contributed by atoms with Crippen molar-refractivity contribution in [3.8, 4) is 11.8 Å². The molecule has 2 aromatic rings. The van der Waals surface area contributed by atoms with Gasteiger partial charge in [-0.15, -0.1) is 0 Å². The quantitative estimate of drug-likeness (QED) is 0.587. The summed E-state index contributed by atoms with van der Waals surface area (Å²) in [6.45, 7) is 1.34. The van der Waals surface area contributed by atoms with Crippen molar-refractivity contribution in [1.82, 2.24) is 0 Å². The predicted molar refractivity (Wildman–Crippen MR) is 95.1 cm³/mol. The minimum absolute atomic E-state index is 0.0139. The molecule has 1 fully saturated rings. The zero-order valence-electron chi connectivity index (χ0n) is 13.7. The number of hydrogen-bond acceptors (Lipinski definition) is 5. The number of halogens is 2. The topological polar surface area (TPSA) is 79.4 Å². The molecule has 0 aliphatic carbocycles. The first-order valence-electron chi connectivity index (χ1n) is 8.03. The van der Waals surface area contributed by atoms with Crippen LogP contribution in [0.25, 0.3) is 0 Å². The summed E-state index contributed by atoms with van der Waals surface area (Å²) in [5.41, 5.74) is 0.694. The minimum Gasteiger partial charge on any atom is -0.490 e. The number of nitro benzene ring substituents is 1. The number of hydrogen-bond donors (Lipinski definition) is 0. The third-order valence-corrected chi connectivity index (χ3v) is 4.59. The first-order valence-corrected chi connectivity index (χ1v) is 8.41. The molecule has 0 amide bonds. The summed E-state index contributed by atoms with van der Waals surface area (Å²) < 4.78 is 19.5. The van der Waals surface area contributed by atoms with E-state index in [0.717, 1.165) is 5.69 Å². The maximum Gasteiger partial charge on any atom is 0.271 e. The lowest BCUT2D eigenvalue weighted by atomic mass is 10.1. The Bertz CT molecular complexity index is 876. The monoisotopic (exact) mass is 375 g/mol. The van der Waals surface area contributed by atoms with E-state index >= 15 is 0 Å². The Labute approximate surface area is 154 Å². The first kappa shape index (κ1) is 18.0. The summed E-state index contributed by atoms with van der Waals surface area (Å²) in [5.74, 6) is -0.201. The minimum atomic E-state index is -0.597. The number of nitriles is 1. The van der Waals surface area contributed by atoms with Gasteiger partial charge in [-0.3, -0.25) is 10.1 Å². The maximum atomic E-state index is 13.6. The van der Waals surface area contributed by atoms with E-state index < -0.39 is 10.7 Å². The lowest BCUT2D eigenvalue weighted by Gasteiger charge is -2.34. The van der Waals surface area contributed by atoms with Crippen molar-refractivity contribution in [2.24, 2.45) is 0 Å². The Balaban J connectivity index is 1.62. The fourth-order valence-electron chi connectivity index (χ4n) is 2.93. The Morgan fingerprint density at radius 3 is 2.58 bits per heavy atom. The molecule has 0 atom stereocenters. The van der Waals surface area contributed by atoms with Crippen molar-refractivity contribution in [3.63, 3.8) is 0 Å². The van der Waals surface area contributed by atoms with Crippen LogP contribution in [0.2, 0.25) is 5.02 Å². The zero-order valence-corrected chi connectivity index (χ0v) is 14.4. The second-order valence-electron chi connectivity index (χ2n) is 5.95. The van der Waals surface area contributed by atoms with Crippen LogP contribution in [-0.4, -0.2) is 24.1 Å². The lowest BCUT2D eigenvalue weighted by molar-refractivity contribution is -0.384. The molecule has 0 radical (unpaired) electrons. The van der Waals surface area contributed by atoms with E-state index in [0.29, 0.717) is 36.7 Å². The molecule has 26 heavy (non-hydrogen) atoms. The van der Waals surface area contributed by atoms with Gasteiger partial charge in [-0.05, 0) is 18.2 Å². The van der Waals surface area contributed by atoms with E-state index in [4.69, 9.17) is 21.6 Å². The first-order chi connectivity index (χ1) is 12.5. The molecule has 2 aromatic carbocycles. The Kier molecular flexibility index (Phi) is 5.24. The van der Waals surface area contributed by atoms with Gasteiger partial charge in [0.25, 0.3) is 5.69 Å². The van der Waals surface area contributed by atoms with Gasteiger partial charge in [0, 0.05) is 44.1 Å². The standard InChI is InChI=1S/C18H15ClFN3O3/c19-16-9-13(23(24)25)2-4-18(16)22-7-5-14(6-8-22)26-15-3-1-12(11-21)17(20)10-15/h1-4,9-10,14H,5-8H2. The van der Waals surface area contributed by atoms with Gasteiger partial charge in [-0.1, -0.05) is 11.6 Å². The van der Waals surface area contributed by atoms with Crippen molar-refractivity contribution in [1.29, 1.82) is 5.26 Å². The third-order valence-electron chi connectivity index (χ3n) is 4.29. The molecule has 0 spiro atoms. The largest absolute Gasteiger partial charge is 0.490 e. The molecule has 0 bridgehead atoms. The average Bonchev–Trinajstić information content (AvgIpc) is 2.62. The zero-order chi connectivity index (χ0) is 18.7. The molecular weight excluding hydrogens is 361 g/mol. The van der Waals surface area contributed by atoms with Gasteiger partial charge in [-0.2, -0.15) is 5.26 Å². The van der Waals surface area contributed by atoms with Crippen LogP contribution in [0.3, 0.4) is 0 Å². The number of nitro groups is 1. The smallest absolute Gasteiger partial charge is 0.271 e. The van der Waals surface area contributed by atoms with E-state index in [-0.39, 0.29) is 17.4 Å². The number of rotatable bonds is 4. The molecule has 134 valence electrons. The highest BCUT2D eigenvalue weighted by molar-refractivity contribution is 6.33. The molecule has 1 heterocycles. The summed E-state index contributed by atoms with van der Waals surface area (Å²) in [6, 6.07) is 10.4. The highest BCUT2D eigenvalue weighted by atomic mass is 35.5. The number of nitrogens with zero attached hydrogens (tertiary/aromatic N) is 3. The molecule has 0 aromatic heterocycles. The van der Waals surface area contributed by atoms with Gasteiger partial charge < -0.3 is 9.64 Å². The molecule has 1 saturated heterocycles.